The van der Waals surface area contributed by atoms with Crippen molar-refractivity contribution in [1.82, 2.24) is 10.4 Å². The van der Waals surface area contributed by atoms with Crippen LogP contribution in [-0.2, 0) is 9.53 Å². The molecular weight excluding hydrogens is 258 g/mol. The van der Waals surface area contributed by atoms with Gasteiger partial charge in [-0.2, -0.15) is 0 Å². The average Bonchev–Trinajstić information content (AvgIpc) is 2.50. The van der Waals surface area contributed by atoms with Crippen molar-refractivity contribution in [3.8, 4) is 0 Å². The number of hydrogen-bond acceptors (Lipinski definition) is 6. The van der Waals surface area contributed by atoms with E-state index >= 15 is 0 Å². The molecule has 1 aromatic carbocycles. The number of carbonyl (C=O) groups excluding carboxylic acids is 2. The van der Waals surface area contributed by atoms with Crippen LogP contribution in [0.25, 0.3) is 0 Å². The van der Waals surface area contributed by atoms with Crippen molar-refractivity contribution in [3.63, 3.8) is 0 Å². The minimum atomic E-state index is -0.906. The summed E-state index contributed by atoms with van der Waals surface area (Å²) in [5.74, 6) is 3.81. The van der Waals surface area contributed by atoms with Gasteiger partial charge in [0.15, 0.2) is 0 Å². The molecule has 0 bridgehead atoms. The molecule has 6 heteroatoms. The van der Waals surface area contributed by atoms with Gasteiger partial charge in [-0.15, -0.1) is 0 Å². The second-order valence-electron chi connectivity index (χ2n) is 3.96. The number of nitrogens with zero attached hydrogens (tertiary/aromatic N) is 1. The monoisotopic (exact) mass is 271 g/mol. The number of carbonyl (C=O) groups is 2. The first-order valence-corrected chi connectivity index (χ1v) is 5.89. The van der Waals surface area contributed by atoms with E-state index in [1.807, 2.05) is 6.07 Å². The lowest BCUT2D eigenvalue weighted by atomic mass is 10.1. The third-order valence-corrected chi connectivity index (χ3v) is 2.63. The first kappa shape index (κ1) is 13.9. The molecule has 102 valence electrons. The maximum atomic E-state index is 12.0. The maximum Gasteiger partial charge on any atom is 0.347 e. The number of aromatic nitrogens is 1. The van der Waals surface area contributed by atoms with E-state index in [1.54, 1.807) is 30.3 Å². The molecule has 1 unspecified atom stereocenters. The van der Waals surface area contributed by atoms with Gasteiger partial charge in [0.2, 0.25) is 0 Å². The van der Waals surface area contributed by atoms with Crippen LogP contribution in [0.2, 0.25) is 0 Å². The van der Waals surface area contributed by atoms with Crippen molar-refractivity contribution in [1.29, 1.82) is 0 Å². The molecule has 0 radical (unpaired) electrons. The van der Waals surface area contributed by atoms with Crippen LogP contribution < -0.4 is 11.3 Å². The number of hydrogen-bond donors (Lipinski definition) is 2. The fraction of sp³-hybridized carbons (Fsp3) is 0.0714. The van der Waals surface area contributed by atoms with E-state index in [0.29, 0.717) is 5.56 Å². The highest BCUT2D eigenvalue weighted by atomic mass is 16.6. The summed E-state index contributed by atoms with van der Waals surface area (Å²) >= 11 is 0. The molecule has 0 aliphatic heterocycles. The number of nitrogens with two attached hydrogens (primary N) is 1. The molecular formula is C14H13N3O3. The minimum absolute atomic E-state index is 0.199. The van der Waals surface area contributed by atoms with Crippen molar-refractivity contribution in [2.45, 2.75) is 6.04 Å². The van der Waals surface area contributed by atoms with E-state index in [1.165, 1.54) is 18.5 Å². The van der Waals surface area contributed by atoms with Crippen LogP contribution >= 0.6 is 0 Å². The standard InChI is InChI=1S/C14H13N3O3/c15-17-12(10-5-2-1-3-6-10)14(19)20-13(18)11-7-4-8-16-9-11/h1-9,12,17H,15H2. The van der Waals surface area contributed by atoms with Crippen LogP contribution in [0.3, 0.4) is 0 Å². The summed E-state index contributed by atoms with van der Waals surface area (Å²) in [7, 11) is 0. The van der Waals surface area contributed by atoms with E-state index in [9.17, 15) is 9.59 Å². The molecule has 0 spiro atoms. The Kier molecular flexibility index (Phi) is 4.54. The molecule has 6 nitrogen and oxygen atoms in total. The SMILES string of the molecule is NNC(C(=O)OC(=O)c1cccnc1)c1ccccc1. The van der Waals surface area contributed by atoms with Gasteiger partial charge < -0.3 is 4.74 Å². The van der Waals surface area contributed by atoms with Crippen molar-refractivity contribution in [2.24, 2.45) is 5.84 Å². The highest BCUT2D eigenvalue weighted by molar-refractivity contribution is 5.98. The normalized spacial score (nSPS) is 11.7. The topological polar surface area (TPSA) is 94.3 Å². The number of pyridine rings is 1. The quantitative estimate of drug-likeness (QED) is 0.372. The molecule has 2 aromatic rings. The first-order chi connectivity index (χ1) is 9.72. The Balaban J connectivity index is 2.09. The Labute approximate surface area is 115 Å². The largest absolute Gasteiger partial charge is 0.388 e. The first-order valence-electron chi connectivity index (χ1n) is 5.89. The molecule has 0 aliphatic rings. The molecule has 1 heterocycles. The van der Waals surface area contributed by atoms with E-state index in [4.69, 9.17) is 10.6 Å². The smallest absolute Gasteiger partial charge is 0.347 e. The number of esters is 2. The van der Waals surface area contributed by atoms with Gasteiger partial charge in [0, 0.05) is 12.4 Å². The van der Waals surface area contributed by atoms with Gasteiger partial charge in [0.25, 0.3) is 0 Å². The summed E-state index contributed by atoms with van der Waals surface area (Å²) in [4.78, 5) is 27.5. The van der Waals surface area contributed by atoms with Crippen LogP contribution in [-0.4, -0.2) is 16.9 Å². The molecule has 0 aliphatic carbocycles. The van der Waals surface area contributed by atoms with Crippen LogP contribution in [0.1, 0.15) is 22.0 Å². The number of ether oxygens (including phenoxy) is 1. The zero-order valence-corrected chi connectivity index (χ0v) is 10.5. The van der Waals surface area contributed by atoms with Crippen molar-refractivity contribution >= 4 is 11.9 Å². The van der Waals surface area contributed by atoms with Gasteiger partial charge in [-0.05, 0) is 17.7 Å². The Hall–Kier alpha value is -2.57. The number of benzene rings is 1. The van der Waals surface area contributed by atoms with Gasteiger partial charge in [0.1, 0.15) is 6.04 Å². The van der Waals surface area contributed by atoms with Crippen molar-refractivity contribution in [3.05, 3.63) is 66.0 Å². The molecule has 0 saturated carbocycles. The lowest BCUT2D eigenvalue weighted by Crippen LogP contribution is -2.36. The fourth-order valence-electron chi connectivity index (χ4n) is 1.64. The zero-order chi connectivity index (χ0) is 14.4. The molecule has 3 N–H and O–H groups in total. The minimum Gasteiger partial charge on any atom is -0.388 e. The third kappa shape index (κ3) is 3.25. The second-order valence-corrected chi connectivity index (χ2v) is 3.96. The molecule has 0 fully saturated rings. The van der Waals surface area contributed by atoms with Gasteiger partial charge in [0.05, 0.1) is 5.56 Å². The second kappa shape index (κ2) is 6.55. The molecule has 20 heavy (non-hydrogen) atoms. The summed E-state index contributed by atoms with van der Waals surface area (Å²) in [6, 6.07) is 10.9. The van der Waals surface area contributed by atoms with E-state index in [0.717, 1.165) is 0 Å². The predicted octanol–water partition coefficient (Wildman–Crippen LogP) is 0.970. The van der Waals surface area contributed by atoms with E-state index < -0.39 is 18.0 Å². The lowest BCUT2D eigenvalue weighted by Gasteiger charge is -2.14. The van der Waals surface area contributed by atoms with Crippen LogP contribution in [0.15, 0.2) is 54.9 Å². The van der Waals surface area contributed by atoms with E-state index in [2.05, 4.69) is 10.4 Å². The van der Waals surface area contributed by atoms with Gasteiger partial charge >= 0.3 is 11.9 Å². The number of nitrogens with one attached hydrogen (secondary N) is 1. The van der Waals surface area contributed by atoms with Crippen molar-refractivity contribution in [2.75, 3.05) is 0 Å². The fourth-order valence-corrected chi connectivity index (χ4v) is 1.64. The van der Waals surface area contributed by atoms with Crippen molar-refractivity contribution < 1.29 is 14.3 Å². The lowest BCUT2D eigenvalue weighted by molar-refractivity contribution is -0.140. The summed E-state index contributed by atoms with van der Waals surface area (Å²) in [6.07, 6.45) is 2.84. The highest BCUT2D eigenvalue weighted by Gasteiger charge is 2.23. The van der Waals surface area contributed by atoms with Crippen LogP contribution in [0, 0.1) is 0 Å². The summed E-state index contributed by atoms with van der Waals surface area (Å²) in [5.41, 5.74) is 3.14. The molecule has 1 aromatic heterocycles. The highest BCUT2D eigenvalue weighted by Crippen LogP contribution is 2.14. The Morgan fingerprint density at radius 3 is 2.50 bits per heavy atom. The predicted molar refractivity (Wildman–Crippen MR) is 71.2 cm³/mol. The third-order valence-electron chi connectivity index (χ3n) is 2.63. The summed E-state index contributed by atoms with van der Waals surface area (Å²) < 4.78 is 4.78. The van der Waals surface area contributed by atoms with Gasteiger partial charge in [-0.25, -0.2) is 15.0 Å². The van der Waals surface area contributed by atoms with Crippen LogP contribution in [0.5, 0.6) is 0 Å². The Morgan fingerprint density at radius 2 is 1.90 bits per heavy atom. The van der Waals surface area contributed by atoms with Gasteiger partial charge in [-0.1, -0.05) is 30.3 Å². The average molecular weight is 271 g/mol. The Bertz CT molecular complexity index is 587. The zero-order valence-electron chi connectivity index (χ0n) is 10.5. The molecule has 0 saturated heterocycles. The van der Waals surface area contributed by atoms with Crippen LogP contribution in [0.4, 0.5) is 0 Å². The summed E-state index contributed by atoms with van der Waals surface area (Å²) in [5, 5.41) is 0. The maximum absolute atomic E-state index is 12.0. The van der Waals surface area contributed by atoms with E-state index in [-0.39, 0.29) is 5.56 Å². The molecule has 0 amide bonds. The molecule has 2 rings (SSSR count). The van der Waals surface area contributed by atoms with Gasteiger partial charge in [-0.3, -0.25) is 10.8 Å². The number of rotatable bonds is 4. The summed E-state index contributed by atoms with van der Waals surface area (Å²) in [6.45, 7) is 0. The number of hydrazine groups is 1. The molecule has 1 atom stereocenters. The Morgan fingerprint density at radius 1 is 1.15 bits per heavy atom.